The van der Waals surface area contributed by atoms with E-state index in [1.165, 1.54) is 0 Å². The Hall–Kier alpha value is -0.730. The Morgan fingerprint density at radius 2 is 2.18 bits per heavy atom. The van der Waals surface area contributed by atoms with Crippen molar-refractivity contribution in [1.29, 1.82) is 0 Å². The molecule has 0 aromatic heterocycles. The van der Waals surface area contributed by atoms with Crippen molar-refractivity contribution in [3.63, 3.8) is 0 Å². The third kappa shape index (κ3) is 2.75. The lowest BCUT2D eigenvalue weighted by Crippen LogP contribution is -2.30. The molecule has 0 aliphatic carbocycles. The van der Waals surface area contributed by atoms with Gasteiger partial charge in [0.25, 0.3) is 0 Å². The van der Waals surface area contributed by atoms with E-state index in [9.17, 15) is 4.79 Å². The lowest BCUT2D eigenvalue weighted by Gasteiger charge is -2.25. The predicted molar refractivity (Wildman–Crippen MR) is 70.5 cm³/mol. The van der Waals surface area contributed by atoms with Crippen LogP contribution in [-0.2, 0) is 4.79 Å². The maximum absolute atomic E-state index is 11.9. The molecule has 1 amide bonds. The summed E-state index contributed by atoms with van der Waals surface area (Å²) >= 11 is 11.8. The van der Waals surface area contributed by atoms with Gasteiger partial charge in [-0.2, -0.15) is 0 Å². The van der Waals surface area contributed by atoms with E-state index >= 15 is 0 Å². The molecule has 0 spiro atoms. The van der Waals surface area contributed by atoms with Crippen molar-refractivity contribution in [3.8, 4) is 0 Å². The standard InChI is InChI=1S/C13H15Cl2NO/c14-8-7-13(17)16-9-3-6-12(16)10-4-1-2-5-11(10)15/h1-2,4-5,12H,3,6-9H2. The van der Waals surface area contributed by atoms with Gasteiger partial charge in [0.2, 0.25) is 5.91 Å². The molecule has 0 N–H and O–H groups in total. The molecule has 0 radical (unpaired) electrons. The molecule has 1 heterocycles. The number of hydrogen-bond donors (Lipinski definition) is 0. The second kappa shape index (κ2) is 5.74. The summed E-state index contributed by atoms with van der Waals surface area (Å²) < 4.78 is 0. The van der Waals surface area contributed by atoms with Crippen LogP contribution in [0.15, 0.2) is 24.3 Å². The Kier molecular flexibility index (Phi) is 4.30. The van der Waals surface area contributed by atoms with E-state index in [0.717, 1.165) is 30.0 Å². The highest BCUT2D eigenvalue weighted by Gasteiger charge is 2.30. The average molecular weight is 272 g/mol. The summed E-state index contributed by atoms with van der Waals surface area (Å²) in [5.41, 5.74) is 1.05. The molecule has 1 aliphatic heterocycles. The third-order valence-corrected chi connectivity index (χ3v) is 3.68. The van der Waals surface area contributed by atoms with Gasteiger partial charge in [-0.1, -0.05) is 29.8 Å². The van der Waals surface area contributed by atoms with Gasteiger partial charge in [0.1, 0.15) is 0 Å². The van der Waals surface area contributed by atoms with E-state index in [1.807, 2.05) is 29.2 Å². The molecular weight excluding hydrogens is 257 g/mol. The van der Waals surface area contributed by atoms with Crippen LogP contribution >= 0.6 is 23.2 Å². The normalized spacial score (nSPS) is 19.6. The Morgan fingerprint density at radius 3 is 2.88 bits per heavy atom. The second-order valence-corrected chi connectivity index (χ2v) is 4.99. The number of benzene rings is 1. The van der Waals surface area contributed by atoms with Gasteiger partial charge in [-0.15, -0.1) is 11.6 Å². The van der Waals surface area contributed by atoms with Crippen LogP contribution in [0.25, 0.3) is 0 Å². The zero-order valence-electron chi connectivity index (χ0n) is 9.53. The molecule has 1 unspecified atom stereocenters. The lowest BCUT2D eigenvalue weighted by molar-refractivity contribution is -0.131. The molecule has 92 valence electrons. The molecule has 0 bridgehead atoms. The molecule has 1 atom stereocenters. The Balaban J connectivity index is 2.20. The first kappa shape index (κ1) is 12.7. The number of alkyl halides is 1. The van der Waals surface area contributed by atoms with Crippen LogP contribution in [0.3, 0.4) is 0 Å². The average Bonchev–Trinajstić information content (AvgIpc) is 2.79. The number of carbonyl (C=O) groups is 1. The minimum Gasteiger partial charge on any atom is -0.336 e. The van der Waals surface area contributed by atoms with Crippen molar-refractivity contribution in [3.05, 3.63) is 34.9 Å². The summed E-state index contributed by atoms with van der Waals surface area (Å²) in [6, 6.07) is 7.87. The molecule has 17 heavy (non-hydrogen) atoms. The Labute approximate surface area is 112 Å². The molecule has 1 fully saturated rings. The highest BCUT2D eigenvalue weighted by Crippen LogP contribution is 2.35. The van der Waals surface area contributed by atoms with Crippen LogP contribution in [0.2, 0.25) is 5.02 Å². The van der Waals surface area contributed by atoms with E-state index in [2.05, 4.69) is 0 Å². The monoisotopic (exact) mass is 271 g/mol. The minimum absolute atomic E-state index is 0.124. The number of nitrogens with zero attached hydrogens (tertiary/aromatic N) is 1. The molecule has 1 saturated heterocycles. The van der Waals surface area contributed by atoms with Crippen LogP contribution in [-0.4, -0.2) is 23.2 Å². The first-order valence-corrected chi connectivity index (χ1v) is 6.75. The zero-order valence-corrected chi connectivity index (χ0v) is 11.0. The fourth-order valence-corrected chi connectivity index (χ4v) is 2.78. The first-order valence-electron chi connectivity index (χ1n) is 5.84. The topological polar surface area (TPSA) is 20.3 Å². The predicted octanol–water partition coefficient (Wildman–Crippen LogP) is 3.63. The first-order chi connectivity index (χ1) is 8.24. The summed E-state index contributed by atoms with van der Waals surface area (Å²) in [5, 5.41) is 0.739. The zero-order chi connectivity index (χ0) is 12.3. The largest absolute Gasteiger partial charge is 0.336 e. The van der Waals surface area contributed by atoms with Gasteiger partial charge >= 0.3 is 0 Å². The quantitative estimate of drug-likeness (QED) is 0.769. The van der Waals surface area contributed by atoms with Gasteiger partial charge in [-0.3, -0.25) is 4.79 Å². The van der Waals surface area contributed by atoms with Crippen LogP contribution < -0.4 is 0 Å². The van der Waals surface area contributed by atoms with Crippen molar-refractivity contribution in [2.24, 2.45) is 0 Å². The van der Waals surface area contributed by atoms with E-state index in [1.54, 1.807) is 0 Å². The number of rotatable bonds is 3. The summed E-state index contributed by atoms with van der Waals surface area (Å²) in [7, 11) is 0. The summed E-state index contributed by atoms with van der Waals surface area (Å²) in [4.78, 5) is 13.8. The molecule has 1 aromatic rings. The maximum atomic E-state index is 11.9. The number of carbonyl (C=O) groups excluding carboxylic acids is 1. The van der Waals surface area contributed by atoms with Crippen molar-refractivity contribution >= 4 is 29.1 Å². The highest BCUT2D eigenvalue weighted by atomic mass is 35.5. The Bertz CT molecular complexity index is 408. The highest BCUT2D eigenvalue weighted by molar-refractivity contribution is 6.31. The van der Waals surface area contributed by atoms with Gasteiger partial charge in [0, 0.05) is 23.9 Å². The molecular formula is C13H15Cl2NO. The third-order valence-electron chi connectivity index (χ3n) is 3.15. The number of hydrogen-bond acceptors (Lipinski definition) is 1. The van der Waals surface area contributed by atoms with Crippen molar-refractivity contribution in [2.45, 2.75) is 25.3 Å². The molecule has 1 aromatic carbocycles. The van der Waals surface area contributed by atoms with E-state index < -0.39 is 0 Å². The molecule has 0 saturated carbocycles. The van der Waals surface area contributed by atoms with Crippen LogP contribution in [0, 0.1) is 0 Å². The smallest absolute Gasteiger partial charge is 0.224 e. The van der Waals surface area contributed by atoms with E-state index in [4.69, 9.17) is 23.2 Å². The van der Waals surface area contributed by atoms with Crippen LogP contribution in [0.1, 0.15) is 30.9 Å². The van der Waals surface area contributed by atoms with Crippen LogP contribution in [0.5, 0.6) is 0 Å². The molecule has 1 aliphatic rings. The van der Waals surface area contributed by atoms with Crippen molar-refractivity contribution in [2.75, 3.05) is 12.4 Å². The lowest BCUT2D eigenvalue weighted by atomic mass is 10.0. The maximum Gasteiger partial charge on any atom is 0.224 e. The fourth-order valence-electron chi connectivity index (χ4n) is 2.36. The van der Waals surface area contributed by atoms with Gasteiger partial charge in [-0.05, 0) is 24.5 Å². The van der Waals surface area contributed by atoms with Gasteiger partial charge in [0.15, 0.2) is 0 Å². The summed E-state index contributed by atoms with van der Waals surface area (Å²) in [6.07, 6.45) is 2.42. The van der Waals surface area contributed by atoms with Gasteiger partial charge < -0.3 is 4.90 Å². The van der Waals surface area contributed by atoms with E-state index in [-0.39, 0.29) is 11.9 Å². The number of halogens is 2. The van der Waals surface area contributed by atoms with E-state index in [0.29, 0.717) is 12.3 Å². The van der Waals surface area contributed by atoms with Crippen LogP contribution in [0.4, 0.5) is 0 Å². The second-order valence-electron chi connectivity index (χ2n) is 4.21. The summed E-state index contributed by atoms with van der Waals surface area (Å²) in [6.45, 7) is 0.811. The summed E-state index contributed by atoms with van der Waals surface area (Å²) in [5.74, 6) is 0.507. The molecule has 4 heteroatoms. The van der Waals surface area contributed by atoms with Crippen molar-refractivity contribution < 1.29 is 4.79 Å². The SMILES string of the molecule is O=C(CCCl)N1CCCC1c1ccccc1Cl. The number of likely N-dealkylation sites (tertiary alicyclic amines) is 1. The molecule has 2 rings (SSSR count). The van der Waals surface area contributed by atoms with Crippen molar-refractivity contribution in [1.82, 2.24) is 4.90 Å². The fraction of sp³-hybridized carbons (Fsp3) is 0.462. The number of amides is 1. The van der Waals surface area contributed by atoms with Gasteiger partial charge in [0.05, 0.1) is 6.04 Å². The van der Waals surface area contributed by atoms with Gasteiger partial charge in [-0.25, -0.2) is 0 Å². The minimum atomic E-state index is 0.124. The molecule has 2 nitrogen and oxygen atoms in total. The Morgan fingerprint density at radius 1 is 1.41 bits per heavy atom.